The zero-order valence-corrected chi connectivity index (χ0v) is 10.6. The number of pyridine rings is 1. The van der Waals surface area contributed by atoms with Gasteiger partial charge in [0.05, 0.1) is 30.8 Å². The molecule has 0 amide bonds. The van der Waals surface area contributed by atoms with Gasteiger partial charge < -0.3 is 14.7 Å². The number of hydrogen-bond acceptors (Lipinski definition) is 4. The summed E-state index contributed by atoms with van der Waals surface area (Å²) in [7, 11) is 0. The van der Waals surface area contributed by atoms with E-state index in [0.29, 0.717) is 12.1 Å². The maximum atomic E-state index is 9.49. The van der Waals surface area contributed by atoms with E-state index in [-0.39, 0.29) is 5.75 Å². The van der Waals surface area contributed by atoms with Crippen LogP contribution in [-0.4, -0.2) is 35.4 Å². The molecule has 2 aliphatic rings. The zero-order valence-electron chi connectivity index (χ0n) is 10.6. The Labute approximate surface area is 111 Å². The number of fused-ring (bicyclic) bond motifs is 3. The van der Waals surface area contributed by atoms with E-state index in [9.17, 15) is 5.11 Å². The first-order valence-corrected chi connectivity index (χ1v) is 6.77. The van der Waals surface area contributed by atoms with Gasteiger partial charge in [-0.25, -0.2) is 4.98 Å². The summed E-state index contributed by atoms with van der Waals surface area (Å²) in [5.41, 5.74) is 0.932. The number of phenols is 1. The lowest BCUT2D eigenvalue weighted by Gasteiger charge is -2.35. The van der Waals surface area contributed by atoms with Crippen molar-refractivity contribution >= 4 is 16.7 Å². The van der Waals surface area contributed by atoms with E-state index in [0.717, 1.165) is 29.9 Å². The quantitative estimate of drug-likeness (QED) is 0.850. The van der Waals surface area contributed by atoms with Crippen molar-refractivity contribution < 1.29 is 9.84 Å². The average molecular weight is 256 g/mol. The predicted molar refractivity (Wildman–Crippen MR) is 73.5 cm³/mol. The minimum Gasteiger partial charge on any atom is -0.508 e. The van der Waals surface area contributed by atoms with Crippen LogP contribution in [0.3, 0.4) is 0 Å². The highest BCUT2D eigenvalue weighted by Crippen LogP contribution is 2.33. The molecule has 4 heteroatoms. The maximum absolute atomic E-state index is 9.49. The van der Waals surface area contributed by atoms with Crippen LogP contribution in [0.2, 0.25) is 0 Å². The standard InChI is InChI=1S/C15H16N2O2/c18-13-4-5-14-10(7-13)1-6-15(16-14)17-11-2-3-12(17)9-19-8-11/h1,4-7,11-12,18H,2-3,8-9H2. The van der Waals surface area contributed by atoms with Crippen molar-refractivity contribution in [3.05, 3.63) is 30.3 Å². The lowest BCUT2D eigenvalue weighted by atomic mass is 10.2. The van der Waals surface area contributed by atoms with Gasteiger partial charge in [0.15, 0.2) is 0 Å². The van der Waals surface area contributed by atoms with Crippen LogP contribution >= 0.6 is 0 Å². The van der Waals surface area contributed by atoms with Crippen molar-refractivity contribution in [2.75, 3.05) is 18.1 Å². The van der Waals surface area contributed by atoms with Gasteiger partial charge in [0.25, 0.3) is 0 Å². The molecule has 2 saturated heterocycles. The Morgan fingerprint density at radius 3 is 2.68 bits per heavy atom. The van der Waals surface area contributed by atoms with E-state index in [1.165, 1.54) is 12.8 Å². The molecule has 2 bridgehead atoms. The summed E-state index contributed by atoms with van der Waals surface area (Å²) >= 11 is 0. The van der Waals surface area contributed by atoms with Crippen LogP contribution in [0.5, 0.6) is 5.75 Å². The Hall–Kier alpha value is -1.81. The van der Waals surface area contributed by atoms with Gasteiger partial charge in [-0.15, -0.1) is 0 Å². The third kappa shape index (κ3) is 1.75. The normalized spacial score (nSPS) is 26.0. The van der Waals surface area contributed by atoms with Crippen LogP contribution in [-0.2, 0) is 4.74 Å². The third-order valence-electron chi connectivity index (χ3n) is 4.16. The van der Waals surface area contributed by atoms with E-state index < -0.39 is 0 Å². The van der Waals surface area contributed by atoms with Crippen LogP contribution in [0, 0.1) is 0 Å². The van der Waals surface area contributed by atoms with Crippen molar-refractivity contribution in [3.63, 3.8) is 0 Å². The fraction of sp³-hybridized carbons (Fsp3) is 0.400. The molecule has 0 aliphatic carbocycles. The number of aromatic nitrogens is 1. The van der Waals surface area contributed by atoms with Gasteiger partial charge in [0, 0.05) is 5.39 Å². The Balaban J connectivity index is 1.77. The highest BCUT2D eigenvalue weighted by Gasteiger charge is 2.38. The Kier molecular flexibility index (Phi) is 2.38. The number of anilines is 1. The van der Waals surface area contributed by atoms with Crippen molar-refractivity contribution in [2.24, 2.45) is 0 Å². The molecular formula is C15H16N2O2. The minimum absolute atomic E-state index is 0.286. The molecule has 2 unspecified atom stereocenters. The first kappa shape index (κ1) is 11.1. The molecule has 98 valence electrons. The van der Waals surface area contributed by atoms with Crippen molar-refractivity contribution in [2.45, 2.75) is 24.9 Å². The molecule has 1 aromatic carbocycles. The number of nitrogens with zero attached hydrogens (tertiary/aromatic N) is 2. The number of rotatable bonds is 1. The van der Waals surface area contributed by atoms with Gasteiger partial charge in [-0.3, -0.25) is 0 Å². The third-order valence-corrected chi connectivity index (χ3v) is 4.16. The molecule has 2 aromatic rings. The fourth-order valence-corrected chi connectivity index (χ4v) is 3.25. The number of aromatic hydroxyl groups is 1. The van der Waals surface area contributed by atoms with E-state index in [1.807, 2.05) is 12.1 Å². The fourth-order valence-electron chi connectivity index (χ4n) is 3.25. The van der Waals surface area contributed by atoms with Gasteiger partial charge in [0.1, 0.15) is 11.6 Å². The van der Waals surface area contributed by atoms with Crippen molar-refractivity contribution in [1.29, 1.82) is 0 Å². The summed E-state index contributed by atoms with van der Waals surface area (Å²) in [6.45, 7) is 1.62. The van der Waals surface area contributed by atoms with Gasteiger partial charge in [-0.2, -0.15) is 0 Å². The molecule has 1 N–H and O–H groups in total. The molecule has 19 heavy (non-hydrogen) atoms. The van der Waals surface area contributed by atoms with E-state index in [2.05, 4.69) is 11.0 Å². The second-order valence-electron chi connectivity index (χ2n) is 5.38. The van der Waals surface area contributed by atoms with Crippen LogP contribution in [0.25, 0.3) is 10.9 Å². The highest BCUT2D eigenvalue weighted by molar-refractivity contribution is 5.81. The lowest BCUT2D eigenvalue weighted by Crippen LogP contribution is -2.46. The minimum atomic E-state index is 0.286. The molecule has 1 aromatic heterocycles. The van der Waals surface area contributed by atoms with Crippen LogP contribution in [0.15, 0.2) is 30.3 Å². The molecule has 4 nitrogen and oxygen atoms in total. The summed E-state index contributed by atoms with van der Waals surface area (Å²) in [5, 5.41) is 10.5. The number of hydrogen-bond donors (Lipinski definition) is 1. The zero-order chi connectivity index (χ0) is 12.8. The monoisotopic (exact) mass is 256 g/mol. The Bertz CT molecular complexity index is 613. The van der Waals surface area contributed by atoms with Crippen LogP contribution < -0.4 is 4.90 Å². The number of ether oxygens (including phenoxy) is 1. The SMILES string of the molecule is Oc1ccc2nc(N3C4CCC3COC4)ccc2c1. The smallest absolute Gasteiger partial charge is 0.129 e. The first-order valence-electron chi connectivity index (χ1n) is 6.77. The number of morpholine rings is 1. The second-order valence-corrected chi connectivity index (χ2v) is 5.38. The topological polar surface area (TPSA) is 45.6 Å². The molecule has 0 saturated carbocycles. The summed E-state index contributed by atoms with van der Waals surface area (Å²) in [6, 6.07) is 10.3. The van der Waals surface area contributed by atoms with Gasteiger partial charge in [-0.1, -0.05) is 0 Å². The summed E-state index contributed by atoms with van der Waals surface area (Å²) in [6.07, 6.45) is 2.39. The van der Waals surface area contributed by atoms with Crippen molar-refractivity contribution in [1.82, 2.24) is 4.98 Å². The van der Waals surface area contributed by atoms with Crippen molar-refractivity contribution in [3.8, 4) is 5.75 Å². The summed E-state index contributed by atoms with van der Waals surface area (Å²) in [5.74, 6) is 1.32. The predicted octanol–water partition coefficient (Wildman–Crippen LogP) is 2.31. The summed E-state index contributed by atoms with van der Waals surface area (Å²) < 4.78 is 5.61. The number of benzene rings is 1. The molecule has 2 fully saturated rings. The van der Waals surface area contributed by atoms with Crippen LogP contribution in [0.4, 0.5) is 5.82 Å². The highest BCUT2D eigenvalue weighted by atomic mass is 16.5. The van der Waals surface area contributed by atoms with Gasteiger partial charge in [0.2, 0.25) is 0 Å². The average Bonchev–Trinajstić information content (AvgIpc) is 2.68. The van der Waals surface area contributed by atoms with E-state index in [4.69, 9.17) is 9.72 Å². The molecule has 2 atom stereocenters. The van der Waals surface area contributed by atoms with Gasteiger partial charge in [-0.05, 0) is 43.2 Å². The largest absolute Gasteiger partial charge is 0.508 e. The Morgan fingerprint density at radius 1 is 1.11 bits per heavy atom. The van der Waals surface area contributed by atoms with Gasteiger partial charge >= 0.3 is 0 Å². The molecule has 0 radical (unpaired) electrons. The summed E-state index contributed by atoms with van der Waals surface area (Å²) in [4.78, 5) is 7.15. The molecule has 4 rings (SSSR count). The molecule has 0 spiro atoms. The number of phenolic OH excluding ortho intramolecular Hbond substituents is 1. The van der Waals surface area contributed by atoms with Crippen LogP contribution in [0.1, 0.15) is 12.8 Å². The Morgan fingerprint density at radius 2 is 1.89 bits per heavy atom. The lowest BCUT2D eigenvalue weighted by molar-refractivity contribution is 0.0902. The molecule has 3 heterocycles. The first-order chi connectivity index (χ1) is 9.31. The van der Waals surface area contributed by atoms with E-state index >= 15 is 0 Å². The molecular weight excluding hydrogens is 240 g/mol. The second kappa shape index (κ2) is 4.10. The molecule has 2 aliphatic heterocycles. The van der Waals surface area contributed by atoms with E-state index in [1.54, 1.807) is 12.1 Å². The maximum Gasteiger partial charge on any atom is 0.129 e.